The van der Waals surface area contributed by atoms with Crippen molar-refractivity contribution in [2.45, 2.75) is 34.1 Å². The van der Waals surface area contributed by atoms with Gasteiger partial charge < -0.3 is 0 Å². The average molecular weight is 124 g/mol. The molecule has 0 radical (unpaired) electrons. The van der Waals surface area contributed by atoms with Gasteiger partial charge in [0.15, 0.2) is 0 Å². The molecule has 1 rings (SSSR count). The highest BCUT2D eigenvalue weighted by atomic mass is 14.3. The standard InChI is InChI=1S/C9H16/c1-6(2)9-5-7(3)8(9)4/h7-8H,5H2,1-4H3. The summed E-state index contributed by atoms with van der Waals surface area (Å²) >= 11 is 0. The van der Waals surface area contributed by atoms with Crippen molar-refractivity contribution < 1.29 is 0 Å². The third kappa shape index (κ3) is 1.03. The van der Waals surface area contributed by atoms with E-state index in [4.69, 9.17) is 0 Å². The summed E-state index contributed by atoms with van der Waals surface area (Å²) in [4.78, 5) is 0. The van der Waals surface area contributed by atoms with E-state index in [2.05, 4.69) is 27.7 Å². The van der Waals surface area contributed by atoms with Gasteiger partial charge in [0.2, 0.25) is 0 Å². The molecule has 0 aromatic rings. The first kappa shape index (κ1) is 6.85. The van der Waals surface area contributed by atoms with Gasteiger partial charge >= 0.3 is 0 Å². The molecule has 2 atom stereocenters. The fourth-order valence-corrected chi connectivity index (χ4v) is 1.55. The Kier molecular flexibility index (Phi) is 1.65. The summed E-state index contributed by atoms with van der Waals surface area (Å²) in [6.45, 7) is 9.10. The summed E-state index contributed by atoms with van der Waals surface area (Å²) in [6, 6.07) is 0. The van der Waals surface area contributed by atoms with Crippen molar-refractivity contribution in [2.24, 2.45) is 11.8 Å². The minimum atomic E-state index is 0.870. The smallest absolute Gasteiger partial charge is 0.0200 e. The molecular weight excluding hydrogens is 108 g/mol. The average Bonchev–Trinajstić information content (AvgIpc) is 1.81. The van der Waals surface area contributed by atoms with E-state index in [0.717, 1.165) is 11.8 Å². The lowest BCUT2D eigenvalue weighted by Crippen LogP contribution is -2.24. The molecule has 0 N–H and O–H groups in total. The third-order valence-corrected chi connectivity index (χ3v) is 2.59. The van der Waals surface area contributed by atoms with Crippen LogP contribution in [0.2, 0.25) is 0 Å². The Bertz CT molecular complexity index is 138. The van der Waals surface area contributed by atoms with Crippen LogP contribution in [0.25, 0.3) is 0 Å². The Labute approximate surface area is 58.0 Å². The highest BCUT2D eigenvalue weighted by Gasteiger charge is 2.28. The van der Waals surface area contributed by atoms with Crippen LogP contribution in [-0.4, -0.2) is 0 Å². The van der Waals surface area contributed by atoms with Crippen LogP contribution >= 0.6 is 0 Å². The highest BCUT2D eigenvalue weighted by Crippen LogP contribution is 2.40. The predicted molar refractivity (Wildman–Crippen MR) is 41.3 cm³/mol. The number of allylic oxidation sites excluding steroid dienone is 2. The van der Waals surface area contributed by atoms with Crippen LogP contribution in [0.15, 0.2) is 11.1 Å². The second-order valence-corrected chi connectivity index (χ2v) is 3.50. The van der Waals surface area contributed by atoms with Gasteiger partial charge in [0.05, 0.1) is 0 Å². The summed E-state index contributed by atoms with van der Waals surface area (Å²) in [7, 11) is 0. The molecule has 0 aliphatic heterocycles. The number of rotatable bonds is 0. The van der Waals surface area contributed by atoms with E-state index in [0.29, 0.717) is 0 Å². The number of hydrogen-bond donors (Lipinski definition) is 0. The Balaban J connectivity index is 2.62. The summed E-state index contributed by atoms with van der Waals surface area (Å²) in [5, 5.41) is 0. The first-order chi connectivity index (χ1) is 4.13. The molecule has 0 heteroatoms. The van der Waals surface area contributed by atoms with Crippen LogP contribution in [0.3, 0.4) is 0 Å². The van der Waals surface area contributed by atoms with Gasteiger partial charge in [-0.25, -0.2) is 0 Å². The van der Waals surface area contributed by atoms with Crippen molar-refractivity contribution in [1.29, 1.82) is 0 Å². The molecule has 0 spiro atoms. The van der Waals surface area contributed by atoms with Gasteiger partial charge in [-0.2, -0.15) is 0 Å². The van der Waals surface area contributed by atoms with Gasteiger partial charge in [0.25, 0.3) is 0 Å². The van der Waals surface area contributed by atoms with Crippen molar-refractivity contribution in [3.05, 3.63) is 11.1 Å². The van der Waals surface area contributed by atoms with E-state index >= 15 is 0 Å². The minimum absolute atomic E-state index is 0.870. The molecule has 1 aliphatic rings. The van der Waals surface area contributed by atoms with E-state index < -0.39 is 0 Å². The Hall–Kier alpha value is -0.260. The van der Waals surface area contributed by atoms with Crippen LogP contribution in [0.5, 0.6) is 0 Å². The van der Waals surface area contributed by atoms with Crippen LogP contribution in [-0.2, 0) is 0 Å². The molecule has 0 heterocycles. The normalized spacial score (nSPS) is 34.0. The van der Waals surface area contributed by atoms with Crippen molar-refractivity contribution in [3.63, 3.8) is 0 Å². The quantitative estimate of drug-likeness (QED) is 0.435. The molecule has 9 heavy (non-hydrogen) atoms. The maximum Gasteiger partial charge on any atom is -0.0200 e. The zero-order valence-electron chi connectivity index (χ0n) is 6.86. The van der Waals surface area contributed by atoms with Crippen LogP contribution in [0, 0.1) is 11.8 Å². The highest BCUT2D eigenvalue weighted by molar-refractivity contribution is 5.21. The topological polar surface area (TPSA) is 0 Å². The lowest BCUT2D eigenvalue weighted by molar-refractivity contribution is 0.322. The van der Waals surface area contributed by atoms with Gasteiger partial charge in [-0.05, 0) is 32.1 Å². The second kappa shape index (κ2) is 2.17. The summed E-state index contributed by atoms with van der Waals surface area (Å²) < 4.78 is 0. The SMILES string of the molecule is CC(C)=C1CC(C)C1C. The molecule has 1 saturated carbocycles. The molecule has 0 nitrogen and oxygen atoms in total. The Morgan fingerprint density at radius 1 is 1.33 bits per heavy atom. The molecule has 0 bridgehead atoms. The molecule has 0 aromatic carbocycles. The van der Waals surface area contributed by atoms with Crippen molar-refractivity contribution in [3.8, 4) is 0 Å². The van der Waals surface area contributed by atoms with Gasteiger partial charge in [-0.1, -0.05) is 25.0 Å². The summed E-state index contributed by atoms with van der Waals surface area (Å²) in [5.74, 6) is 1.81. The molecule has 2 unspecified atom stereocenters. The Morgan fingerprint density at radius 3 is 2.00 bits per heavy atom. The second-order valence-electron chi connectivity index (χ2n) is 3.50. The molecular formula is C9H16. The lowest BCUT2D eigenvalue weighted by Gasteiger charge is -2.36. The van der Waals surface area contributed by atoms with Crippen LogP contribution in [0.1, 0.15) is 34.1 Å². The van der Waals surface area contributed by atoms with Crippen LogP contribution < -0.4 is 0 Å². The number of hydrogen-bond acceptors (Lipinski definition) is 0. The Morgan fingerprint density at radius 2 is 1.89 bits per heavy atom. The first-order valence-electron chi connectivity index (χ1n) is 3.79. The first-order valence-corrected chi connectivity index (χ1v) is 3.79. The molecule has 0 amide bonds. The fourth-order valence-electron chi connectivity index (χ4n) is 1.55. The fraction of sp³-hybridized carbons (Fsp3) is 0.778. The van der Waals surface area contributed by atoms with E-state index in [1.807, 2.05) is 0 Å². The molecule has 1 aliphatic carbocycles. The molecule has 1 fully saturated rings. The maximum atomic E-state index is 2.33. The van der Waals surface area contributed by atoms with Gasteiger partial charge in [0.1, 0.15) is 0 Å². The monoisotopic (exact) mass is 124 g/mol. The van der Waals surface area contributed by atoms with E-state index in [1.165, 1.54) is 6.42 Å². The largest absolute Gasteiger partial charge is 0.0769 e. The van der Waals surface area contributed by atoms with E-state index in [9.17, 15) is 0 Å². The minimum Gasteiger partial charge on any atom is -0.0769 e. The van der Waals surface area contributed by atoms with Gasteiger partial charge in [-0.15, -0.1) is 0 Å². The van der Waals surface area contributed by atoms with Gasteiger partial charge in [0, 0.05) is 0 Å². The van der Waals surface area contributed by atoms with Crippen molar-refractivity contribution >= 4 is 0 Å². The third-order valence-electron chi connectivity index (χ3n) is 2.59. The van der Waals surface area contributed by atoms with Crippen molar-refractivity contribution in [1.82, 2.24) is 0 Å². The van der Waals surface area contributed by atoms with Gasteiger partial charge in [-0.3, -0.25) is 0 Å². The zero-order valence-corrected chi connectivity index (χ0v) is 6.86. The van der Waals surface area contributed by atoms with Crippen LogP contribution in [0.4, 0.5) is 0 Å². The summed E-state index contributed by atoms with van der Waals surface area (Å²) in [5.41, 5.74) is 3.24. The predicted octanol–water partition coefficient (Wildman–Crippen LogP) is 3.00. The molecule has 0 saturated heterocycles. The van der Waals surface area contributed by atoms with E-state index in [-0.39, 0.29) is 0 Å². The molecule has 0 aromatic heterocycles. The lowest BCUT2D eigenvalue weighted by atomic mass is 9.70. The summed E-state index contributed by atoms with van der Waals surface area (Å²) in [6.07, 6.45) is 1.35. The zero-order chi connectivity index (χ0) is 7.02. The molecule has 52 valence electrons. The van der Waals surface area contributed by atoms with Crippen molar-refractivity contribution in [2.75, 3.05) is 0 Å². The maximum absolute atomic E-state index is 2.33. The van der Waals surface area contributed by atoms with E-state index in [1.54, 1.807) is 11.1 Å².